The van der Waals surface area contributed by atoms with E-state index in [4.69, 9.17) is 16.3 Å². The zero-order valence-corrected chi connectivity index (χ0v) is 11.8. The molecule has 1 unspecified atom stereocenters. The molecule has 3 nitrogen and oxygen atoms in total. The molecule has 1 atom stereocenters. The van der Waals surface area contributed by atoms with Crippen LogP contribution < -0.4 is 0 Å². The molecule has 0 bridgehead atoms. The van der Waals surface area contributed by atoms with Crippen LogP contribution in [-0.4, -0.2) is 16.6 Å². The number of pyridine rings is 1. The Morgan fingerprint density at radius 3 is 2.83 bits per heavy atom. The van der Waals surface area contributed by atoms with Gasteiger partial charge >= 0.3 is 5.97 Å². The number of aromatic nitrogens is 1. The van der Waals surface area contributed by atoms with E-state index in [9.17, 15) is 4.79 Å². The molecule has 1 aromatic rings. The van der Waals surface area contributed by atoms with Gasteiger partial charge in [0.05, 0.1) is 5.92 Å². The van der Waals surface area contributed by atoms with Crippen molar-refractivity contribution in [1.82, 2.24) is 4.98 Å². The highest BCUT2D eigenvalue weighted by atomic mass is 35.5. The van der Waals surface area contributed by atoms with Gasteiger partial charge in [-0.25, -0.2) is 4.98 Å². The fraction of sp³-hybridized carbons (Fsp3) is 0.571. The van der Waals surface area contributed by atoms with Crippen LogP contribution in [0.4, 0.5) is 0 Å². The van der Waals surface area contributed by atoms with Crippen LogP contribution in [0, 0.1) is 5.92 Å². The number of nitrogens with zero attached hydrogens (tertiary/aromatic N) is 1. The number of halogens is 1. The molecule has 1 aromatic heterocycles. The topological polar surface area (TPSA) is 39.2 Å². The summed E-state index contributed by atoms with van der Waals surface area (Å²) in [6.07, 6.45) is 2.28. The molecule has 2 rings (SSSR count). The number of carbonyl (C=O) groups is 1. The number of hydrogen-bond donors (Lipinski definition) is 0. The Hall–Kier alpha value is -1.09. The van der Waals surface area contributed by atoms with E-state index in [0.29, 0.717) is 11.6 Å². The van der Waals surface area contributed by atoms with Crippen molar-refractivity contribution in [3.63, 3.8) is 0 Å². The number of carbonyl (C=O) groups excluding carboxylic acids is 1. The zero-order chi connectivity index (χ0) is 13.3. The molecule has 1 heterocycles. The van der Waals surface area contributed by atoms with Crippen LogP contribution in [0.15, 0.2) is 12.1 Å². The average Bonchev–Trinajstić information content (AvgIpc) is 2.26. The van der Waals surface area contributed by atoms with Crippen molar-refractivity contribution in [3.05, 3.63) is 28.5 Å². The summed E-state index contributed by atoms with van der Waals surface area (Å²) in [4.78, 5) is 16.3. The van der Waals surface area contributed by atoms with Gasteiger partial charge in [0, 0.05) is 5.69 Å². The van der Waals surface area contributed by atoms with Crippen molar-refractivity contribution in [2.75, 3.05) is 0 Å². The lowest BCUT2D eigenvalue weighted by molar-refractivity contribution is -0.160. The van der Waals surface area contributed by atoms with Gasteiger partial charge in [0.15, 0.2) is 0 Å². The summed E-state index contributed by atoms with van der Waals surface area (Å²) in [6.45, 7) is 5.68. The van der Waals surface area contributed by atoms with Gasteiger partial charge in [0.25, 0.3) is 0 Å². The first-order chi connectivity index (χ1) is 8.35. The van der Waals surface area contributed by atoms with E-state index in [1.165, 1.54) is 0 Å². The minimum atomic E-state index is -0.421. The third kappa shape index (κ3) is 3.22. The van der Waals surface area contributed by atoms with Crippen LogP contribution in [0.5, 0.6) is 0 Å². The lowest BCUT2D eigenvalue weighted by Gasteiger charge is -2.27. The van der Waals surface area contributed by atoms with Gasteiger partial charge in [-0.2, -0.15) is 0 Å². The fourth-order valence-corrected chi connectivity index (χ4v) is 2.34. The molecule has 0 aromatic carbocycles. The van der Waals surface area contributed by atoms with Crippen molar-refractivity contribution in [1.29, 1.82) is 0 Å². The number of rotatable bonds is 1. The van der Waals surface area contributed by atoms with E-state index in [1.54, 1.807) is 6.07 Å². The Morgan fingerprint density at radius 2 is 2.17 bits per heavy atom. The summed E-state index contributed by atoms with van der Waals surface area (Å²) in [5.74, 6) is -0.164. The third-order valence-electron chi connectivity index (χ3n) is 2.97. The Bertz CT molecular complexity index is 465. The molecule has 0 fully saturated rings. The van der Waals surface area contributed by atoms with Gasteiger partial charge in [-0.15, -0.1) is 0 Å². The highest BCUT2D eigenvalue weighted by Crippen LogP contribution is 2.27. The summed E-state index contributed by atoms with van der Waals surface area (Å²) in [5, 5.41) is 0.518. The largest absolute Gasteiger partial charge is 0.460 e. The molecule has 0 aliphatic heterocycles. The maximum atomic E-state index is 12.0. The second kappa shape index (κ2) is 4.88. The molecular weight excluding hydrogens is 250 g/mol. The minimum absolute atomic E-state index is 0.0558. The van der Waals surface area contributed by atoms with E-state index in [1.807, 2.05) is 26.8 Å². The number of hydrogen-bond acceptors (Lipinski definition) is 3. The standard InChI is InChI=1S/C14H18ClNO2/c1-14(2,3)18-13(17)10-4-6-11-9(8-10)5-7-12(15)16-11/h5,7,10H,4,6,8H2,1-3H3. The maximum Gasteiger partial charge on any atom is 0.309 e. The predicted molar refractivity (Wildman–Crippen MR) is 70.6 cm³/mol. The summed E-state index contributed by atoms with van der Waals surface area (Å²) >= 11 is 5.86. The monoisotopic (exact) mass is 267 g/mol. The summed E-state index contributed by atoms with van der Waals surface area (Å²) in [6, 6.07) is 3.74. The second-order valence-corrected chi connectivity index (χ2v) is 6.10. The van der Waals surface area contributed by atoms with Crippen molar-refractivity contribution in [2.24, 2.45) is 5.92 Å². The van der Waals surface area contributed by atoms with E-state index < -0.39 is 5.60 Å². The van der Waals surface area contributed by atoms with E-state index >= 15 is 0 Å². The number of fused-ring (bicyclic) bond motifs is 1. The predicted octanol–water partition coefficient (Wildman–Crippen LogP) is 3.18. The van der Waals surface area contributed by atoms with Crippen LogP contribution in [0.3, 0.4) is 0 Å². The smallest absolute Gasteiger partial charge is 0.309 e. The fourth-order valence-electron chi connectivity index (χ4n) is 2.17. The summed E-state index contributed by atoms with van der Waals surface area (Å²) in [7, 11) is 0. The van der Waals surface area contributed by atoms with E-state index in [-0.39, 0.29) is 11.9 Å². The first kappa shape index (κ1) is 13.3. The molecule has 0 N–H and O–H groups in total. The molecular formula is C14H18ClNO2. The molecule has 0 radical (unpaired) electrons. The molecule has 0 amide bonds. The molecule has 0 spiro atoms. The number of aryl methyl sites for hydroxylation is 1. The van der Waals surface area contributed by atoms with Gasteiger partial charge in [-0.3, -0.25) is 4.79 Å². The van der Waals surface area contributed by atoms with Gasteiger partial charge in [0.2, 0.25) is 0 Å². The lowest BCUT2D eigenvalue weighted by Crippen LogP contribution is -2.31. The lowest BCUT2D eigenvalue weighted by atomic mass is 9.86. The third-order valence-corrected chi connectivity index (χ3v) is 3.18. The van der Waals surface area contributed by atoms with Crippen LogP contribution in [0.1, 0.15) is 38.4 Å². The quantitative estimate of drug-likeness (QED) is 0.579. The Labute approximate surface area is 113 Å². The van der Waals surface area contributed by atoms with Crippen molar-refractivity contribution < 1.29 is 9.53 Å². The van der Waals surface area contributed by atoms with Crippen LogP contribution in [-0.2, 0) is 22.4 Å². The number of esters is 1. The van der Waals surface area contributed by atoms with Crippen molar-refractivity contribution in [2.45, 2.75) is 45.6 Å². The van der Waals surface area contributed by atoms with Crippen LogP contribution in [0.25, 0.3) is 0 Å². The Morgan fingerprint density at radius 1 is 1.44 bits per heavy atom. The van der Waals surface area contributed by atoms with Gasteiger partial charge in [0.1, 0.15) is 10.8 Å². The minimum Gasteiger partial charge on any atom is -0.460 e. The van der Waals surface area contributed by atoms with Gasteiger partial charge in [-0.1, -0.05) is 17.7 Å². The van der Waals surface area contributed by atoms with Crippen LogP contribution >= 0.6 is 11.6 Å². The Balaban J connectivity index is 2.08. The second-order valence-electron chi connectivity index (χ2n) is 5.71. The first-order valence-electron chi connectivity index (χ1n) is 6.22. The first-order valence-corrected chi connectivity index (χ1v) is 6.60. The SMILES string of the molecule is CC(C)(C)OC(=O)C1CCc2nc(Cl)ccc2C1. The van der Waals surface area contributed by atoms with Gasteiger partial charge < -0.3 is 4.74 Å². The summed E-state index contributed by atoms with van der Waals surface area (Å²) in [5.41, 5.74) is 1.71. The molecule has 1 aliphatic carbocycles. The highest BCUT2D eigenvalue weighted by Gasteiger charge is 2.29. The van der Waals surface area contributed by atoms with Gasteiger partial charge in [-0.05, 0) is 51.7 Å². The molecule has 18 heavy (non-hydrogen) atoms. The average molecular weight is 268 g/mol. The summed E-state index contributed by atoms with van der Waals surface area (Å²) < 4.78 is 5.43. The molecule has 1 aliphatic rings. The highest BCUT2D eigenvalue weighted by molar-refractivity contribution is 6.29. The molecule has 4 heteroatoms. The molecule has 0 saturated carbocycles. The van der Waals surface area contributed by atoms with E-state index in [2.05, 4.69) is 4.98 Å². The maximum absolute atomic E-state index is 12.0. The number of ether oxygens (including phenoxy) is 1. The zero-order valence-electron chi connectivity index (χ0n) is 11.0. The normalized spacial score (nSPS) is 19.2. The van der Waals surface area contributed by atoms with Crippen molar-refractivity contribution >= 4 is 17.6 Å². The van der Waals surface area contributed by atoms with E-state index in [0.717, 1.165) is 24.1 Å². The van der Waals surface area contributed by atoms with Crippen molar-refractivity contribution in [3.8, 4) is 0 Å². The molecule has 98 valence electrons. The Kier molecular flexibility index (Phi) is 3.62. The van der Waals surface area contributed by atoms with Crippen LogP contribution in [0.2, 0.25) is 5.15 Å². The molecule has 0 saturated heterocycles.